The number of amides is 1. The van der Waals surface area contributed by atoms with Crippen LogP contribution in [0.5, 0.6) is 0 Å². The number of carbonyl (C=O) groups excluding carboxylic acids is 1. The van der Waals surface area contributed by atoms with Crippen LogP contribution in [0.25, 0.3) is 10.6 Å². The van der Waals surface area contributed by atoms with Gasteiger partial charge in [-0.15, -0.1) is 11.3 Å². The van der Waals surface area contributed by atoms with Gasteiger partial charge >= 0.3 is 6.09 Å². The number of benzene rings is 1. The molecule has 1 aliphatic rings. The van der Waals surface area contributed by atoms with E-state index in [-0.39, 0.29) is 29.3 Å². The molecule has 38 heavy (non-hydrogen) atoms. The molecule has 1 saturated heterocycles. The first-order chi connectivity index (χ1) is 18.2. The second kappa shape index (κ2) is 12.9. The minimum absolute atomic E-state index is 0.000174. The van der Waals surface area contributed by atoms with Crippen molar-refractivity contribution >= 4 is 27.5 Å². The number of hydrogen-bond donors (Lipinski definition) is 2. The van der Waals surface area contributed by atoms with Crippen molar-refractivity contribution in [1.29, 1.82) is 0 Å². The maximum Gasteiger partial charge on any atom is 0.407 e. The van der Waals surface area contributed by atoms with Gasteiger partial charge in [-0.3, -0.25) is 0 Å². The quantitative estimate of drug-likeness (QED) is 0.342. The van der Waals surface area contributed by atoms with Gasteiger partial charge in [0.1, 0.15) is 22.3 Å². The Hall–Kier alpha value is -2.77. The largest absolute Gasteiger partial charge is 0.444 e. The zero-order valence-electron chi connectivity index (χ0n) is 21.4. The van der Waals surface area contributed by atoms with Crippen LogP contribution in [0.15, 0.2) is 63.5 Å². The molecule has 1 aromatic carbocycles. The lowest BCUT2D eigenvalue weighted by molar-refractivity contribution is 0.0644. The van der Waals surface area contributed by atoms with E-state index in [1.54, 1.807) is 12.1 Å². The minimum atomic E-state index is -3.94. The standard InChI is InChI=1S/C26H33N3O7S2/c1-18(2)15-29(38(32,33)25-9-8-24(37-25)21-11-13-35-28-21)16-23(30)22(14-19-6-4-3-5-7-19)27-26(31)36-20-10-12-34-17-20/h3-9,11,13,18,20,22-23,30H,10,12,14-17H2,1-2H3,(H,27,31)/t20-,22-,23+/m0/s1. The number of aliphatic hydroxyl groups excluding tert-OH is 1. The van der Waals surface area contributed by atoms with Gasteiger partial charge in [-0.25, -0.2) is 13.2 Å². The highest BCUT2D eigenvalue weighted by Crippen LogP contribution is 2.32. The third kappa shape index (κ3) is 7.41. The molecule has 1 amide bonds. The normalized spacial score (nSPS) is 17.6. The summed E-state index contributed by atoms with van der Waals surface area (Å²) in [5.41, 5.74) is 1.43. The lowest BCUT2D eigenvalue weighted by atomic mass is 10.0. The monoisotopic (exact) mass is 563 g/mol. The Morgan fingerprint density at radius 3 is 2.66 bits per heavy atom. The maximum atomic E-state index is 13.7. The molecule has 0 saturated carbocycles. The van der Waals surface area contributed by atoms with Crippen molar-refractivity contribution in [2.45, 2.75) is 49.1 Å². The fraction of sp³-hybridized carbons (Fsp3) is 0.462. The molecule has 1 fully saturated rings. The van der Waals surface area contributed by atoms with E-state index in [1.165, 1.54) is 16.6 Å². The summed E-state index contributed by atoms with van der Waals surface area (Å²) in [6.07, 6.45) is 0.107. The van der Waals surface area contributed by atoms with Gasteiger partial charge in [0.15, 0.2) is 0 Å². The fourth-order valence-corrected chi connectivity index (χ4v) is 7.21. The van der Waals surface area contributed by atoms with Gasteiger partial charge < -0.3 is 24.4 Å². The van der Waals surface area contributed by atoms with Crippen LogP contribution in [0.3, 0.4) is 0 Å². The van der Waals surface area contributed by atoms with E-state index in [0.717, 1.165) is 16.9 Å². The molecule has 1 aliphatic heterocycles. The molecule has 0 unspecified atom stereocenters. The molecule has 12 heteroatoms. The van der Waals surface area contributed by atoms with E-state index >= 15 is 0 Å². The van der Waals surface area contributed by atoms with Gasteiger partial charge in [0.05, 0.1) is 30.2 Å². The van der Waals surface area contributed by atoms with E-state index in [4.69, 9.17) is 14.0 Å². The average molecular weight is 564 g/mol. The van der Waals surface area contributed by atoms with Crippen LogP contribution in [-0.4, -0.2) is 73.6 Å². The number of rotatable bonds is 12. The summed E-state index contributed by atoms with van der Waals surface area (Å²) in [6.45, 7) is 4.66. The van der Waals surface area contributed by atoms with E-state index in [0.29, 0.717) is 36.6 Å². The molecule has 3 heterocycles. The van der Waals surface area contributed by atoms with Gasteiger partial charge in [0.2, 0.25) is 0 Å². The van der Waals surface area contributed by atoms with Crippen molar-refractivity contribution in [1.82, 2.24) is 14.8 Å². The Morgan fingerprint density at radius 2 is 2.00 bits per heavy atom. The van der Waals surface area contributed by atoms with Crippen LogP contribution in [0, 0.1) is 5.92 Å². The van der Waals surface area contributed by atoms with Crippen LogP contribution in [0.1, 0.15) is 25.8 Å². The lowest BCUT2D eigenvalue weighted by Gasteiger charge is -2.30. The number of nitrogens with one attached hydrogen (secondary N) is 1. The van der Waals surface area contributed by atoms with Crippen LogP contribution < -0.4 is 5.32 Å². The van der Waals surface area contributed by atoms with E-state index in [9.17, 15) is 18.3 Å². The van der Waals surface area contributed by atoms with E-state index < -0.39 is 28.3 Å². The number of sulfonamides is 1. The molecular weight excluding hydrogens is 530 g/mol. The number of aromatic nitrogens is 1. The smallest absolute Gasteiger partial charge is 0.407 e. The van der Waals surface area contributed by atoms with Gasteiger partial charge in [-0.05, 0) is 30.0 Å². The molecule has 0 spiro atoms. The third-order valence-electron chi connectivity index (χ3n) is 6.05. The van der Waals surface area contributed by atoms with Crippen LogP contribution in [0.2, 0.25) is 0 Å². The van der Waals surface area contributed by atoms with Crippen molar-refractivity contribution in [2.75, 3.05) is 26.3 Å². The Morgan fingerprint density at radius 1 is 1.21 bits per heavy atom. The number of carbonyl (C=O) groups is 1. The lowest BCUT2D eigenvalue weighted by Crippen LogP contribution is -2.51. The number of hydrogen-bond acceptors (Lipinski definition) is 9. The summed E-state index contributed by atoms with van der Waals surface area (Å²) in [7, 11) is -3.94. The zero-order chi connectivity index (χ0) is 27.1. The summed E-state index contributed by atoms with van der Waals surface area (Å²) >= 11 is 1.08. The zero-order valence-corrected chi connectivity index (χ0v) is 23.0. The van der Waals surface area contributed by atoms with E-state index in [2.05, 4.69) is 10.5 Å². The van der Waals surface area contributed by atoms with Crippen LogP contribution in [0.4, 0.5) is 4.79 Å². The second-order valence-electron chi connectivity index (χ2n) is 9.62. The highest BCUT2D eigenvalue weighted by atomic mass is 32.2. The summed E-state index contributed by atoms with van der Waals surface area (Å²) in [5, 5.41) is 17.9. The Kier molecular flexibility index (Phi) is 9.55. The fourth-order valence-electron chi connectivity index (χ4n) is 4.17. The molecule has 206 valence electrons. The van der Waals surface area contributed by atoms with E-state index in [1.807, 2.05) is 44.2 Å². The van der Waals surface area contributed by atoms with Crippen LogP contribution >= 0.6 is 11.3 Å². The van der Waals surface area contributed by atoms with Gasteiger partial charge in [-0.1, -0.05) is 49.3 Å². The van der Waals surface area contributed by atoms with Crippen molar-refractivity contribution in [3.63, 3.8) is 0 Å². The summed E-state index contributed by atoms with van der Waals surface area (Å²) in [6, 6.07) is 13.5. The topological polar surface area (TPSA) is 131 Å². The number of nitrogens with zero attached hydrogens (tertiary/aromatic N) is 2. The predicted molar refractivity (Wildman–Crippen MR) is 142 cm³/mol. The Labute approximate surface area is 226 Å². The van der Waals surface area contributed by atoms with Gasteiger partial charge in [-0.2, -0.15) is 4.31 Å². The molecule has 0 radical (unpaired) electrons. The molecule has 0 aliphatic carbocycles. The summed E-state index contributed by atoms with van der Waals surface area (Å²) in [4.78, 5) is 13.3. The van der Waals surface area contributed by atoms with Crippen molar-refractivity contribution < 1.29 is 32.3 Å². The first-order valence-corrected chi connectivity index (χ1v) is 14.8. The summed E-state index contributed by atoms with van der Waals surface area (Å²) < 4.78 is 44.3. The average Bonchev–Trinajstić information content (AvgIpc) is 3.66. The number of ether oxygens (including phenoxy) is 2. The van der Waals surface area contributed by atoms with Gasteiger partial charge in [0, 0.05) is 25.6 Å². The second-order valence-corrected chi connectivity index (χ2v) is 12.9. The molecule has 2 N–H and O–H groups in total. The SMILES string of the molecule is CC(C)CN(C[C@@H](O)[C@H](Cc1ccccc1)NC(=O)O[C@H]1CCOC1)S(=O)(=O)c1ccc(-c2ccon2)s1. The molecular formula is C26H33N3O7S2. The number of aliphatic hydroxyl groups is 1. The van der Waals surface area contributed by atoms with Crippen molar-refractivity contribution in [3.8, 4) is 10.6 Å². The molecule has 0 bridgehead atoms. The first-order valence-electron chi connectivity index (χ1n) is 12.5. The Bertz CT molecular complexity index is 1260. The van der Waals surface area contributed by atoms with Gasteiger partial charge in [0.25, 0.3) is 10.0 Å². The predicted octanol–water partition coefficient (Wildman–Crippen LogP) is 3.54. The van der Waals surface area contributed by atoms with Crippen molar-refractivity contribution in [3.05, 3.63) is 60.4 Å². The number of alkyl carbamates (subject to hydrolysis) is 1. The molecule has 2 aromatic heterocycles. The maximum absolute atomic E-state index is 13.7. The Balaban J connectivity index is 1.53. The van der Waals surface area contributed by atoms with Crippen molar-refractivity contribution in [2.24, 2.45) is 5.92 Å². The highest BCUT2D eigenvalue weighted by molar-refractivity contribution is 7.91. The summed E-state index contributed by atoms with van der Waals surface area (Å²) in [5.74, 6) is -0.000174. The molecule has 10 nitrogen and oxygen atoms in total. The number of thiophene rings is 1. The minimum Gasteiger partial charge on any atom is -0.444 e. The highest BCUT2D eigenvalue weighted by Gasteiger charge is 2.33. The first kappa shape index (κ1) is 28.2. The third-order valence-corrected chi connectivity index (χ3v) is 9.46. The molecule has 3 aromatic rings. The molecule has 3 atom stereocenters. The molecule has 4 rings (SSSR count). The van der Waals surface area contributed by atoms with Crippen LogP contribution in [-0.2, 0) is 25.9 Å².